The van der Waals surface area contributed by atoms with Crippen LogP contribution in [-0.2, 0) is 11.0 Å². The van der Waals surface area contributed by atoms with E-state index in [0.717, 1.165) is 20.9 Å². The van der Waals surface area contributed by atoms with Gasteiger partial charge >= 0.3 is 6.18 Å². The summed E-state index contributed by atoms with van der Waals surface area (Å²) in [5.41, 5.74) is 5.74. The van der Waals surface area contributed by atoms with Gasteiger partial charge < -0.3 is 15.6 Å². The van der Waals surface area contributed by atoms with Crippen molar-refractivity contribution >= 4 is 44.1 Å². The van der Waals surface area contributed by atoms with E-state index >= 15 is 0 Å². The van der Waals surface area contributed by atoms with Gasteiger partial charge in [0, 0.05) is 25.6 Å². The number of nitrogens with two attached hydrogens (primary N) is 1. The van der Waals surface area contributed by atoms with Crippen LogP contribution in [0.15, 0.2) is 41.4 Å². The van der Waals surface area contributed by atoms with Crippen LogP contribution in [0.1, 0.15) is 37.9 Å². The van der Waals surface area contributed by atoms with Crippen LogP contribution < -0.4 is 5.73 Å². The fourth-order valence-electron chi connectivity index (χ4n) is 2.76. The molecule has 1 unspecified atom stereocenters. The number of benzene rings is 2. The quantitative estimate of drug-likeness (QED) is 0.441. The van der Waals surface area contributed by atoms with Crippen LogP contribution in [0.5, 0.6) is 0 Å². The van der Waals surface area contributed by atoms with Crippen molar-refractivity contribution in [3.63, 3.8) is 0 Å². The Bertz CT molecular complexity index is 1040. The van der Waals surface area contributed by atoms with E-state index in [1.165, 1.54) is 23.5 Å². The topological polar surface area (TPSA) is 75.7 Å². The van der Waals surface area contributed by atoms with E-state index in [1.807, 2.05) is 39.7 Å². The van der Waals surface area contributed by atoms with E-state index in [1.54, 1.807) is 6.07 Å². The normalized spacial score (nSPS) is 14.0. The minimum atomic E-state index is -4.39. The Balaban J connectivity index is 0.00000145. The number of carbonyl (C=O) groups is 1. The lowest BCUT2D eigenvalue weighted by molar-refractivity contribution is -0.137. The molecule has 3 rings (SSSR count). The first kappa shape index (κ1) is 22.8. The molecule has 0 aliphatic rings. The van der Waals surface area contributed by atoms with Gasteiger partial charge in [0.1, 0.15) is 6.79 Å². The number of aliphatic imine (C=N–C) groups is 1. The molecule has 0 aliphatic carbocycles. The summed E-state index contributed by atoms with van der Waals surface area (Å²) in [4.78, 5) is 12.4. The van der Waals surface area contributed by atoms with E-state index in [9.17, 15) is 18.3 Å². The summed E-state index contributed by atoms with van der Waals surface area (Å²) in [5, 5.41) is 11.0. The molecule has 156 valence electrons. The molecule has 0 bridgehead atoms. The number of fused-ring (bicyclic) bond motifs is 3. The minimum Gasteiger partial charge on any atom is -0.394 e. The summed E-state index contributed by atoms with van der Waals surface area (Å²) < 4.78 is 40.9. The van der Waals surface area contributed by atoms with Gasteiger partial charge in [-0.2, -0.15) is 13.2 Å². The number of aliphatic hydroxyl groups excluding tert-OH is 1. The smallest absolute Gasteiger partial charge is 0.394 e. The first-order valence-corrected chi connectivity index (χ1v) is 9.59. The molecule has 8 heteroatoms. The van der Waals surface area contributed by atoms with Crippen LogP contribution in [-0.4, -0.2) is 24.3 Å². The van der Waals surface area contributed by atoms with E-state index in [2.05, 4.69) is 4.99 Å². The molecule has 1 heterocycles. The average Bonchev–Trinajstić information content (AvgIpc) is 3.03. The van der Waals surface area contributed by atoms with Crippen molar-refractivity contribution in [3.05, 3.63) is 47.5 Å². The van der Waals surface area contributed by atoms with Crippen LogP contribution >= 0.6 is 11.3 Å². The summed E-state index contributed by atoms with van der Waals surface area (Å²) in [5.74, 6) is 0.413. The number of alkyl halides is 3. The number of amidine groups is 1. The third-order valence-corrected chi connectivity index (χ3v) is 5.59. The number of carbonyl (C=O) groups excluding carboxylic acids is 1. The van der Waals surface area contributed by atoms with E-state index in [0.29, 0.717) is 16.8 Å². The Morgan fingerprint density at radius 1 is 1.10 bits per heavy atom. The molecule has 1 aromatic heterocycles. The summed E-state index contributed by atoms with van der Waals surface area (Å²) >= 11 is 1.44. The number of halogens is 3. The van der Waals surface area contributed by atoms with Gasteiger partial charge in [0.2, 0.25) is 0 Å². The van der Waals surface area contributed by atoms with E-state index in [-0.39, 0.29) is 12.0 Å². The standard InChI is InChI=1S/C20H21F3N2OS.CH2O/c1-19(2,3)18(24)25-15(10-26)11-4-6-16-13(8-11)14-9-12(20(21,22)23)5-7-17(14)27-16;1-2/h4-9,15,26H,10H2,1-3H3,(H2,24,25);1H2. The molecular weight excluding hydrogens is 401 g/mol. The number of hydrogen-bond donors (Lipinski definition) is 2. The summed E-state index contributed by atoms with van der Waals surface area (Å²) in [6.45, 7) is 7.54. The Morgan fingerprint density at radius 3 is 2.17 bits per heavy atom. The predicted octanol–water partition coefficient (Wildman–Crippen LogP) is 5.33. The maximum atomic E-state index is 13.1. The van der Waals surface area contributed by atoms with Gasteiger partial charge in [-0.3, -0.25) is 4.99 Å². The second kappa shape index (κ2) is 8.51. The van der Waals surface area contributed by atoms with E-state index in [4.69, 9.17) is 10.5 Å². The van der Waals surface area contributed by atoms with E-state index < -0.39 is 17.8 Å². The molecule has 0 saturated heterocycles. The second-order valence-corrected chi connectivity index (χ2v) is 8.61. The second-order valence-electron chi connectivity index (χ2n) is 7.53. The van der Waals surface area contributed by atoms with Crippen LogP contribution in [0, 0.1) is 5.41 Å². The highest BCUT2D eigenvalue weighted by Gasteiger charge is 2.30. The minimum absolute atomic E-state index is 0.238. The molecular formula is C21H23F3N2O2S. The number of hydrogen-bond acceptors (Lipinski definition) is 4. The van der Waals surface area contributed by atoms with Gasteiger partial charge in [-0.25, -0.2) is 0 Å². The maximum absolute atomic E-state index is 13.1. The van der Waals surface area contributed by atoms with Crippen LogP contribution in [0.3, 0.4) is 0 Å². The molecule has 3 N–H and O–H groups in total. The fourth-order valence-corrected chi connectivity index (χ4v) is 3.83. The Kier molecular flexibility index (Phi) is 6.70. The zero-order valence-electron chi connectivity index (χ0n) is 16.4. The molecule has 2 aromatic carbocycles. The molecule has 3 aromatic rings. The number of thiophene rings is 1. The van der Waals surface area contributed by atoms with Gasteiger partial charge in [-0.1, -0.05) is 26.8 Å². The highest BCUT2D eigenvalue weighted by atomic mass is 32.1. The van der Waals surface area contributed by atoms with Crippen molar-refractivity contribution in [3.8, 4) is 0 Å². The first-order chi connectivity index (χ1) is 13.5. The summed E-state index contributed by atoms with van der Waals surface area (Å²) in [6.07, 6.45) is -4.39. The lowest BCUT2D eigenvalue weighted by atomic mass is 9.95. The van der Waals surface area contributed by atoms with Crippen molar-refractivity contribution in [1.29, 1.82) is 0 Å². The highest BCUT2D eigenvalue weighted by molar-refractivity contribution is 7.25. The molecule has 0 amide bonds. The Morgan fingerprint density at radius 2 is 1.66 bits per heavy atom. The molecule has 0 saturated carbocycles. The zero-order valence-corrected chi connectivity index (χ0v) is 17.2. The third-order valence-electron chi connectivity index (χ3n) is 4.44. The highest BCUT2D eigenvalue weighted by Crippen LogP contribution is 2.39. The van der Waals surface area contributed by atoms with Crippen molar-refractivity contribution in [2.75, 3.05) is 6.61 Å². The molecule has 4 nitrogen and oxygen atoms in total. The SMILES string of the molecule is C=O.CC(C)(C)C(N)=NC(CO)c1ccc2sc3ccc(C(F)(F)F)cc3c2c1. The van der Waals surface area contributed by atoms with Crippen LogP contribution in [0.25, 0.3) is 20.2 Å². The monoisotopic (exact) mass is 424 g/mol. The Hall–Kier alpha value is -2.45. The first-order valence-electron chi connectivity index (χ1n) is 8.77. The third kappa shape index (κ3) is 4.94. The summed E-state index contributed by atoms with van der Waals surface area (Å²) in [7, 11) is 0. The molecule has 0 radical (unpaired) electrons. The van der Waals surface area contributed by atoms with Gasteiger partial charge in [-0.15, -0.1) is 11.3 Å². The lowest BCUT2D eigenvalue weighted by Gasteiger charge is -2.20. The largest absolute Gasteiger partial charge is 0.416 e. The number of aliphatic hydroxyl groups is 1. The molecule has 29 heavy (non-hydrogen) atoms. The molecule has 0 fully saturated rings. The fraction of sp³-hybridized carbons (Fsp3) is 0.333. The van der Waals surface area contributed by atoms with Gasteiger partial charge in [0.15, 0.2) is 0 Å². The van der Waals surface area contributed by atoms with Crippen molar-refractivity contribution in [2.45, 2.75) is 33.0 Å². The number of nitrogens with zero attached hydrogens (tertiary/aromatic N) is 1. The average molecular weight is 424 g/mol. The van der Waals surface area contributed by atoms with Crippen LogP contribution in [0.4, 0.5) is 13.2 Å². The predicted molar refractivity (Wildman–Crippen MR) is 112 cm³/mol. The Labute approximate surface area is 170 Å². The molecule has 0 spiro atoms. The van der Waals surface area contributed by atoms with Gasteiger partial charge in [0.05, 0.1) is 24.0 Å². The zero-order chi connectivity index (χ0) is 22.0. The lowest BCUT2D eigenvalue weighted by Crippen LogP contribution is -2.30. The van der Waals surface area contributed by atoms with Crippen molar-refractivity contribution in [2.24, 2.45) is 16.1 Å². The maximum Gasteiger partial charge on any atom is 0.416 e. The number of rotatable bonds is 3. The van der Waals surface area contributed by atoms with Gasteiger partial charge in [0.25, 0.3) is 0 Å². The molecule has 1 atom stereocenters. The molecule has 0 aliphatic heterocycles. The summed E-state index contributed by atoms with van der Waals surface area (Å²) in [6, 6.07) is 8.71. The van der Waals surface area contributed by atoms with Crippen molar-refractivity contribution < 1.29 is 23.1 Å². The van der Waals surface area contributed by atoms with Crippen LogP contribution in [0.2, 0.25) is 0 Å². The van der Waals surface area contributed by atoms with Crippen molar-refractivity contribution in [1.82, 2.24) is 0 Å². The van der Waals surface area contributed by atoms with Gasteiger partial charge in [-0.05, 0) is 35.9 Å².